The maximum atomic E-state index is 12.5. The third-order valence-corrected chi connectivity index (χ3v) is 4.60. The van der Waals surface area contributed by atoms with Crippen LogP contribution in [0.2, 0.25) is 0 Å². The van der Waals surface area contributed by atoms with Crippen molar-refractivity contribution in [1.29, 1.82) is 0 Å². The molecule has 0 radical (unpaired) electrons. The van der Waals surface area contributed by atoms with E-state index in [1.807, 2.05) is 4.90 Å². The van der Waals surface area contributed by atoms with E-state index in [2.05, 4.69) is 31.2 Å². The third-order valence-electron chi connectivity index (χ3n) is 4.60. The van der Waals surface area contributed by atoms with Gasteiger partial charge in [-0.15, -0.1) is 0 Å². The first-order valence-electron chi connectivity index (χ1n) is 8.07. The van der Waals surface area contributed by atoms with Crippen molar-refractivity contribution in [1.82, 2.24) is 4.90 Å². The van der Waals surface area contributed by atoms with Gasteiger partial charge in [0.15, 0.2) is 0 Å². The molecule has 4 nitrogen and oxygen atoms in total. The van der Waals surface area contributed by atoms with Gasteiger partial charge in [0.05, 0.1) is 17.9 Å². The van der Waals surface area contributed by atoms with Crippen LogP contribution in [0.1, 0.15) is 27.9 Å². The summed E-state index contributed by atoms with van der Waals surface area (Å²) >= 11 is 0. The maximum Gasteiger partial charge on any atom is 0.257 e. The number of nitrogens with zero attached hydrogens (tertiary/aromatic N) is 1. The van der Waals surface area contributed by atoms with Gasteiger partial charge in [0.2, 0.25) is 0 Å². The van der Waals surface area contributed by atoms with E-state index in [0.29, 0.717) is 11.5 Å². The number of likely N-dealkylation sites (tertiary alicyclic amines) is 1. The monoisotopic (exact) mass is 313 g/mol. The molecule has 1 aliphatic rings. The Kier molecular flexibility index (Phi) is 4.82. The van der Waals surface area contributed by atoms with Crippen LogP contribution in [-0.4, -0.2) is 37.1 Å². The number of rotatable bonds is 4. The van der Waals surface area contributed by atoms with E-state index in [-0.39, 0.29) is 12.0 Å². The molecule has 2 aromatic rings. The zero-order chi connectivity index (χ0) is 16.2. The lowest BCUT2D eigenvalue weighted by atomic mass is 9.88. The fraction of sp³-hybridized carbons (Fsp3) is 0.421. The van der Waals surface area contributed by atoms with Crippen molar-refractivity contribution in [3.63, 3.8) is 0 Å². The van der Waals surface area contributed by atoms with Crippen molar-refractivity contribution in [3.8, 4) is 0 Å². The van der Waals surface area contributed by atoms with Gasteiger partial charge in [-0.2, -0.15) is 0 Å². The lowest BCUT2D eigenvalue weighted by molar-refractivity contribution is -0.00301. The minimum absolute atomic E-state index is 0.0440. The minimum Gasteiger partial charge on any atom is -0.472 e. The van der Waals surface area contributed by atoms with Crippen LogP contribution in [0.3, 0.4) is 0 Å². The number of hydrogen-bond donors (Lipinski definition) is 0. The molecule has 0 spiro atoms. The highest BCUT2D eigenvalue weighted by atomic mass is 16.5. The third kappa shape index (κ3) is 3.64. The van der Waals surface area contributed by atoms with Gasteiger partial charge in [0.1, 0.15) is 6.26 Å². The smallest absolute Gasteiger partial charge is 0.257 e. The van der Waals surface area contributed by atoms with Gasteiger partial charge >= 0.3 is 0 Å². The Morgan fingerprint density at radius 3 is 2.96 bits per heavy atom. The number of aryl methyl sites for hydroxylation is 1. The molecule has 0 unspecified atom stereocenters. The molecule has 1 amide bonds. The first-order valence-corrected chi connectivity index (χ1v) is 8.07. The van der Waals surface area contributed by atoms with Crippen LogP contribution in [0.25, 0.3) is 0 Å². The standard InChI is InChI=1S/C19H23NO3/c1-14-4-3-5-15(10-14)11-17-12-20(8-6-18(17)22-2)19(21)16-7-9-23-13-16/h3-5,7,9-10,13,17-18H,6,8,11-12H2,1-2H3/t17-,18-/m0/s1. The van der Waals surface area contributed by atoms with Gasteiger partial charge in [-0.1, -0.05) is 29.8 Å². The number of hydrogen-bond acceptors (Lipinski definition) is 3. The molecule has 0 bridgehead atoms. The molecule has 1 aromatic heterocycles. The number of carbonyl (C=O) groups excluding carboxylic acids is 1. The Hall–Kier alpha value is -2.07. The van der Waals surface area contributed by atoms with Crippen LogP contribution in [0.4, 0.5) is 0 Å². The largest absolute Gasteiger partial charge is 0.472 e. The topological polar surface area (TPSA) is 42.7 Å². The van der Waals surface area contributed by atoms with E-state index in [1.165, 1.54) is 17.4 Å². The summed E-state index contributed by atoms with van der Waals surface area (Å²) in [6, 6.07) is 10.3. The van der Waals surface area contributed by atoms with E-state index >= 15 is 0 Å². The summed E-state index contributed by atoms with van der Waals surface area (Å²) in [6.07, 6.45) is 5.05. The molecule has 3 rings (SSSR count). The van der Waals surface area contributed by atoms with Crippen LogP contribution in [0.15, 0.2) is 47.3 Å². The van der Waals surface area contributed by atoms with E-state index < -0.39 is 0 Å². The lowest BCUT2D eigenvalue weighted by Gasteiger charge is -2.38. The molecule has 1 saturated heterocycles. The number of benzene rings is 1. The Labute approximate surface area is 137 Å². The van der Waals surface area contributed by atoms with Gasteiger partial charge in [-0.3, -0.25) is 4.79 Å². The summed E-state index contributed by atoms with van der Waals surface area (Å²) in [4.78, 5) is 14.5. The fourth-order valence-electron chi connectivity index (χ4n) is 3.41. The summed E-state index contributed by atoms with van der Waals surface area (Å²) in [7, 11) is 1.77. The molecule has 1 aromatic carbocycles. The number of piperidine rings is 1. The van der Waals surface area contributed by atoms with Gasteiger partial charge in [0.25, 0.3) is 5.91 Å². The number of methoxy groups -OCH3 is 1. The van der Waals surface area contributed by atoms with Gasteiger partial charge < -0.3 is 14.1 Å². The zero-order valence-corrected chi connectivity index (χ0v) is 13.7. The van der Waals surface area contributed by atoms with Crippen molar-refractivity contribution in [2.45, 2.75) is 25.9 Å². The molecular weight excluding hydrogens is 290 g/mol. The first kappa shape index (κ1) is 15.8. The van der Waals surface area contributed by atoms with Crippen molar-refractivity contribution in [3.05, 3.63) is 59.5 Å². The summed E-state index contributed by atoms with van der Waals surface area (Å²) in [5.41, 5.74) is 3.18. The van der Waals surface area contributed by atoms with E-state index in [0.717, 1.165) is 25.9 Å². The Morgan fingerprint density at radius 2 is 2.26 bits per heavy atom. The molecule has 1 aliphatic heterocycles. The van der Waals surface area contributed by atoms with Crippen molar-refractivity contribution < 1.29 is 13.9 Å². The van der Waals surface area contributed by atoms with Crippen LogP contribution >= 0.6 is 0 Å². The zero-order valence-electron chi connectivity index (χ0n) is 13.7. The summed E-state index contributed by atoms with van der Waals surface area (Å²) < 4.78 is 10.7. The van der Waals surface area contributed by atoms with Gasteiger partial charge in [-0.25, -0.2) is 0 Å². The van der Waals surface area contributed by atoms with Crippen LogP contribution in [0.5, 0.6) is 0 Å². The van der Waals surface area contributed by atoms with Crippen LogP contribution < -0.4 is 0 Å². The molecular formula is C19H23NO3. The van der Waals surface area contributed by atoms with Crippen molar-refractivity contribution in [2.24, 2.45) is 5.92 Å². The quantitative estimate of drug-likeness (QED) is 0.870. The number of furan rings is 1. The predicted molar refractivity (Wildman–Crippen MR) is 88.4 cm³/mol. The number of amides is 1. The normalized spacial score (nSPS) is 21.4. The lowest BCUT2D eigenvalue weighted by Crippen LogP contribution is -2.47. The molecule has 4 heteroatoms. The minimum atomic E-state index is 0.0440. The average molecular weight is 313 g/mol. The van der Waals surface area contributed by atoms with Crippen LogP contribution in [-0.2, 0) is 11.2 Å². The molecule has 122 valence electrons. The molecule has 23 heavy (non-hydrogen) atoms. The Bertz CT molecular complexity index is 650. The highest BCUT2D eigenvalue weighted by molar-refractivity contribution is 5.93. The maximum absolute atomic E-state index is 12.5. The second-order valence-corrected chi connectivity index (χ2v) is 6.28. The molecule has 1 fully saturated rings. The summed E-state index contributed by atoms with van der Waals surface area (Å²) in [6.45, 7) is 3.55. The summed E-state index contributed by atoms with van der Waals surface area (Å²) in [5.74, 6) is 0.356. The highest BCUT2D eigenvalue weighted by Crippen LogP contribution is 2.25. The molecule has 2 atom stereocenters. The Morgan fingerprint density at radius 1 is 1.39 bits per heavy atom. The first-order chi connectivity index (χ1) is 11.2. The number of carbonyl (C=O) groups is 1. The summed E-state index contributed by atoms with van der Waals surface area (Å²) in [5, 5.41) is 0. The van der Waals surface area contributed by atoms with Crippen molar-refractivity contribution in [2.75, 3.05) is 20.2 Å². The second-order valence-electron chi connectivity index (χ2n) is 6.28. The number of ether oxygens (including phenoxy) is 1. The van der Waals surface area contributed by atoms with Gasteiger partial charge in [-0.05, 0) is 31.4 Å². The van der Waals surface area contributed by atoms with E-state index in [4.69, 9.17) is 9.15 Å². The highest BCUT2D eigenvalue weighted by Gasteiger charge is 2.32. The van der Waals surface area contributed by atoms with E-state index in [9.17, 15) is 4.79 Å². The van der Waals surface area contributed by atoms with Crippen molar-refractivity contribution >= 4 is 5.91 Å². The van der Waals surface area contributed by atoms with E-state index in [1.54, 1.807) is 19.4 Å². The van der Waals surface area contributed by atoms with Crippen LogP contribution in [0, 0.1) is 12.8 Å². The Balaban J connectivity index is 1.72. The second kappa shape index (κ2) is 7.01. The average Bonchev–Trinajstić information content (AvgIpc) is 3.08. The molecule has 0 aliphatic carbocycles. The van der Waals surface area contributed by atoms with Gasteiger partial charge in [0, 0.05) is 26.1 Å². The predicted octanol–water partition coefficient (Wildman–Crippen LogP) is 3.31. The fourth-order valence-corrected chi connectivity index (χ4v) is 3.41. The SMILES string of the molecule is CO[C@H]1CCN(C(=O)c2ccoc2)C[C@@H]1Cc1cccc(C)c1. The molecule has 2 heterocycles. The molecule has 0 saturated carbocycles. The molecule has 0 N–H and O–H groups in total.